The lowest BCUT2D eigenvalue weighted by atomic mass is 10.1. The van der Waals surface area contributed by atoms with Crippen molar-refractivity contribution in [3.8, 4) is 0 Å². The first-order valence-corrected chi connectivity index (χ1v) is 4.15. The summed E-state index contributed by atoms with van der Waals surface area (Å²) < 4.78 is 9.65. The van der Waals surface area contributed by atoms with E-state index in [1.165, 1.54) is 13.8 Å². The average Bonchev–Trinajstić information content (AvgIpc) is 2.52. The van der Waals surface area contributed by atoms with E-state index < -0.39 is 18.2 Å². The maximum atomic E-state index is 10.7. The molecule has 0 unspecified atom stereocenters. The van der Waals surface area contributed by atoms with Gasteiger partial charge < -0.3 is 9.47 Å². The van der Waals surface area contributed by atoms with Crippen molar-refractivity contribution in [1.29, 1.82) is 0 Å². The molecule has 1 rings (SSSR count). The van der Waals surface area contributed by atoms with Crippen LogP contribution in [0, 0.1) is 31.6 Å². The first kappa shape index (κ1) is 11.0. The quantitative estimate of drug-likeness (QED) is 0.494. The van der Waals surface area contributed by atoms with Crippen LogP contribution in [0.2, 0.25) is 0 Å². The van der Waals surface area contributed by atoms with Gasteiger partial charge in [0, 0.05) is 13.8 Å². The summed E-state index contributed by atoms with van der Waals surface area (Å²) in [6, 6.07) is 0. The highest BCUT2D eigenvalue weighted by Gasteiger charge is 2.31. The summed E-state index contributed by atoms with van der Waals surface area (Å²) in [5, 5.41) is 0. The monoisotopic (exact) mass is 195 g/mol. The smallest absolute Gasteiger partial charge is 0.305 e. The Balaban J connectivity index is 2.50. The fourth-order valence-electron chi connectivity index (χ4n) is 1.01. The molecule has 5 radical (unpaired) electrons. The average molecular weight is 195 g/mol. The number of ether oxygens (including phenoxy) is 2. The lowest BCUT2D eigenvalue weighted by Crippen LogP contribution is -2.28. The molecular weight excluding hydrogens is 184 g/mol. The van der Waals surface area contributed by atoms with Gasteiger partial charge >= 0.3 is 11.9 Å². The zero-order chi connectivity index (χ0) is 10.6. The van der Waals surface area contributed by atoms with Gasteiger partial charge in [-0.15, -0.1) is 0 Å². The van der Waals surface area contributed by atoms with E-state index in [-0.39, 0.29) is 0 Å². The van der Waals surface area contributed by atoms with Gasteiger partial charge in [0.1, 0.15) is 0 Å². The second-order valence-electron chi connectivity index (χ2n) is 2.77. The SMILES string of the molecule is CC(=O)OC(OC(C)=O)[C]1[CH][CH][CH][CH]1. The Morgan fingerprint density at radius 2 is 1.50 bits per heavy atom. The molecule has 0 aromatic carbocycles. The van der Waals surface area contributed by atoms with Crippen LogP contribution < -0.4 is 0 Å². The molecule has 0 aromatic rings. The third kappa shape index (κ3) is 3.36. The Labute approximate surface area is 83.6 Å². The third-order valence-electron chi connectivity index (χ3n) is 1.51. The van der Waals surface area contributed by atoms with E-state index in [0.29, 0.717) is 5.92 Å². The number of carbonyl (C=O) groups is 2. The zero-order valence-electron chi connectivity index (χ0n) is 8.02. The van der Waals surface area contributed by atoms with Crippen molar-refractivity contribution in [2.75, 3.05) is 0 Å². The van der Waals surface area contributed by atoms with Crippen LogP contribution in [-0.2, 0) is 19.1 Å². The number of hydrogen-bond donors (Lipinski definition) is 0. The van der Waals surface area contributed by atoms with Gasteiger partial charge in [0.15, 0.2) is 0 Å². The van der Waals surface area contributed by atoms with Gasteiger partial charge in [-0.25, -0.2) is 0 Å². The van der Waals surface area contributed by atoms with E-state index in [1.54, 1.807) is 25.7 Å². The second kappa shape index (κ2) is 4.98. The lowest BCUT2D eigenvalue weighted by Gasteiger charge is -2.20. The molecule has 0 aliphatic heterocycles. The van der Waals surface area contributed by atoms with Crippen LogP contribution in [0.3, 0.4) is 0 Å². The standard InChI is InChI=1S/C10H11O4/c1-7(11)13-10(14-8(2)12)9-5-3-4-6-9/h3-6,10H,1-2H3. The molecular formula is C10H11O4. The molecule has 0 bridgehead atoms. The minimum Gasteiger partial charge on any atom is -0.425 e. The van der Waals surface area contributed by atoms with Crippen LogP contribution in [-0.4, -0.2) is 18.2 Å². The predicted molar refractivity (Wildman–Crippen MR) is 47.8 cm³/mol. The number of esters is 2. The molecule has 4 heteroatoms. The minimum atomic E-state index is -0.931. The molecule has 1 aliphatic carbocycles. The van der Waals surface area contributed by atoms with Gasteiger partial charge in [-0.1, -0.05) is 0 Å². The number of hydrogen-bond acceptors (Lipinski definition) is 4. The van der Waals surface area contributed by atoms with Crippen molar-refractivity contribution in [3.63, 3.8) is 0 Å². The molecule has 0 spiro atoms. The summed E-state index contributed by atoms with van der Waals surface area (Å²) in [5.41, 5.74) is 0. The normalized spacial score (nSPS) is 17.1. The van der Waals surface area contributed by atoms with Crippen LogP contribution in [0.4, 0.5) is 0 Å². The van der Waals surface area contributed by atoms with E-state index in [2.05, 4.69) is 0 Å². The largest absolute Gasteiger partial charge is 0.425 e. The summed E-state index contributed by atoms with van der Waals surface area (Å²) >= 11 is 0. The Kier molecular flexibility index (Phi) is 3.92. The van der Waals surface area contributed by atoms with Gasteiger partial charge in [-0.05, 0) is 25.7 Å². The topological polar surface area (TPSA) is 52.6 Å². The molecule has 1 fully saturated rings. The highest BCUT2D eigenvalue weighted by molar-refractivity contribution is 5.69. The van der Waals surface area contributed by atoms with Gasteiger partial charge in [0.2, 0.25) is 0 Å². The van der Waals surface area contributed by atoms with E-state index in [4.69, 9.17) is 9.47 Å². The number of carbonyl (C=O) groups excluding carboxylic acids is 2. The van der Waals surface area contributed by atoms with Gasteiger partial charge in [0.05, 0.1) is 5.92 Å². The van der Waals surface area contributed by atoms with E-state index in [9.17, 15) is 9.59 Å². The molecule has 0 atom stereocenters. The summed E-state index contributed by atoms with van der Waals surface area (Å²) in [7, 11) is 0. The summed E-state index contributed by atoms with van der Waals surface area (Å²) in [6.07, 6.45) is 6.05. The Bertz CT molecular complexity index is 202. The fraction of sp³-hybridized carbons (Fsp3) is 0.300. The van der Waals surface area contributed by atoms with Gasteiger partial charge in [-0.2, -0.15) is 0 Å². The van der Waals surface area contributed by atoms with Crippen LogP contribution in [0.5, 0.6) is 0 Å². The molecule has 1 aliphatic rings. The maximum Gasteiger partial charge on any atom is 0.305 e. The van der Waals surface area contributed by atoms with E-state index in [1.807, 2.05) is 0 Å². The third-order valence-corrected chi connectivity index (χ3v) is 1.51. The predicted octanol–water partition coefficient (Wildman–Crippen LogP) is 0.844. The molecule has 0 heterocycles. The summed E-state index contributed by atoms with van der Waals surface area (Å²) in [5.74, 6) is -0.328. The van der Waals surface area contributed by atoms with Crippen LogP contribution in [0.15, 0.2) is 0 Å². The Morgan fingerprint density at radius 3 is 1.86 bits per heavy atom. The molecule has 0 saturated heterocycles. The minimum absolute atomic E-state index is 0.488. The maximum absolute atomic E-state index is 10.7. The second-order valence-corrected chi connectivity index (χ2v) is 2.77. The molecule has 14 heavy (non-hydrogen) atoms. The van der Waals surface area contributed by atoms with E-state index in [0.717, 1.165) is 0 Å². The summed E-state index contributed by atoms with van der Waals surface area (Å²) in [6.45, 7) is 2.53. The molecule has 4 nitrogen and oxygen atoms in total. The van der Waals surface area contributed by atoms with Gasteiger partial charge in [-0.3, -0.25) is 9.59 Å². The Hall–Kier alpha value is -1.06. The fourth-order valence-corrected chi connectivity index (χ4v) is 1.01. The molecule has 75 valence electrons. The first-order chi connectivity index (χ1) is 6.59. The van der Waals surface area contributed by atoms with Crippen molar-refractivity contribution in [3.05, 3.63) is 31.6 Å². The number of rotatable bonds is 3. The highest BCUT2D eigenvalue weighted by Crippen LogP contribution is 2.28. The van der Waals surface area contributed by atoms with Crippen LogP contribution in [0.25, 0.3) is 0 Å². The molecule has 0 N–H and O–H groups in total. The summed E-state index contributed by atoms with van der Waals surface area (Å²) in [4.78, 5) is 21.4. The highest BCUT2D eigenvalue weighted by atomic mass is 16.7. The first-order valence-electron chi connectivity index (χ1n) is 4.15. The van der Waals surface area contributed by atoms with Crippen molar-refractivity contribution in [1.82, 2.24) is 0 Å². The van der Waals surface area contributed by atoms with Crippen molar-refractivity contribution < 1.29 is 19.1 Å². The molecule has 0 aromatic heterocycles. The molecule has 1 saturated carbocycles. The van der Waals surface area contributed by atoms with Gasteiger partial charge in [0.25, 0.3) is 6.29 Å². The van der Waals surface area contributed by atoms with Crippen molar-refractivity contribution in [2.45, 2.75) is 20.1 Å². The van der Waals surface area contributed by atoms with Crippen LogP contribution >= 0.6 is 0 Å². The Morgan fingerprint density at radius 1 is 1.07 bits per heavy atom. The van der Waals surface area contributed by atoms with E-state index >= 15 is 0 Å². The lowest BCUT2D eigenvalue weighted by molar-refractivity contribution is -0.180. The van der Waals surface area contributed by atoms with Crippen molar-refractivity contribution in [2.24, 2.45) is 0 Å². The van der Waals surface area contributed by atoms with Crippen LogP contribution in [0.1, 0.15) is 13.8 Å². The van der Waals surface area contributed by atoms with Crippen molar-refractivity contribution >= 4 is 11.9 Å². The zero-order valence-corrected chi connectivity index (χ0v) is 8.02. The molecule has 0 amide bonds.